The standard InChI is InChI=1S/C24H36ClF4NO6S/c25-19-5-2-6-20(26)18(19)13-35-15-7-8-22-21(10-15)30(12-16(36-22)11-23(31)32)37(33,34)17-4-1-3-14(9-17)24(27,28)29/h14-22H,1-13H2,(H,31,32)/t14?,15?,16-,17?,18?,19?,20?,21?,22?/m0/s1. The molecule has 3 saturated carbocycles. The number of hydrogen-bond donors (Lipinski definition) is 1. The number of aliphatic carboxylic acids is 1. The number of halogens is 5. The van der Waals surface area contributed by atoms with Gasteiger partial charge in [0.05, 0.1) is 48.5 Å². The molecule has 1 heterocycles. The van der Waals surface area contributed by atoms with E-state index in [0.717, 1.165) is 6.42 Å². The maximum atomic E-state index is 14.4. The van der Waals surface area contributed by atoms with Crippen LogP contribution < -0.4 is 0 Å². The summed E-state index contributed by atoms with van der Waals surface area (Å²) in [6.07, 6.45) is -5.08. The summed E-state index contributed by atoms with van der Waals surface area (Å²) in [5.41, 5.74) is 0. The second-order valence-electron chi connectivity index (χ2n) is 11.0. The van der Waals surface area contributed by atoms with Crippen LogP contribution in [0.2, 0.25) is 0 Å². The van der Waals surface area contributed by atoms with Crippen molar-refractivity contribution in [1.29, 1.82) is 0 Å². The van der Waals surface area contributed by atoms with Crippen LogP contribution in [-0.4, -0.2) is 84.3 Å². The number of carbonyl (C=O) groups is 1. The Labute approximate surface area is 220 Å². The molecule has 4 rings (SSSR count). The summed E-state index contributed by atoms with van der Waals surface area (Å²) in [6, 6.07) is -0.681. The van der Waals surface area contributed by atoms with E-state index in [9.17, 15) is 35.9 Å². The van der Waals surface area contributed by atoms with E-state index in [4.69, 9.17) is 21.1 Å². The zero-order valence-corrected chi connectivity index (χ0v) is 22.2. The molecule has 1 N–H and O–H groups in total. The summed E-state index contributed by atoms with van der Waals surface area (Å²) < 4.78 is 95.3. The van der Waals surface area contributed by atoms with Gasteiger partial charge >= 0.3 is 12.1 Å². The molecule has 214 valence electrons. The van der Waals surface area contributed by atoms with E-state index in [1.165, 1.54) is 4.31 Å². The van der Waals surface area contributed by atoms with Crippen LogP contribution in [0.5, 0.6) is 0 Å². The first-order valence-electron chi connectivity index (χ1n) is 13.2. The second-order valence-corrected chi connectivity index (χ2v) is 13.7. The van der Waals surface area contributed by atoms with Crippen molar-refractivity contribution in [3.63, 3.8) is 0 Å². The molecular weight excluding hydrogens is 542 g/mol. The molecule has 9 atom stereocenters. The molecule has 37 heavy (non-hydrogen) atoms. The third-order valence-corrected chi connectivity index (χ3v) is 11.4. The monoisotopic (exact) mass is 577 g/mol. The smallest absolute Gasteiger partial charge is 0.391 e. The van der Waals surface area contributed by atoms with Gasteiger partial charge in [-0.1, -0.05) is 6.42 Å². The van der Waals surface area contributed by atoms with E-state index in [2.05, 4.69) is 0 Å². The van der Waals surface area contributed by atoms with Crippen LogP contribution in [0.3, 0.4) is 0 Å². The summed E-state index contributed by atoms with van der Waals surface area (Å²) in [5, 5.41) is 7.74. The molecule has 4 fully saturated rings. The van der Waals surface area contributed by atoms with Crippen molar-refractivity contribution >= 4 is 27.6 Å². The van der Waals surface area contributed by atoms with Gasteiger partial charge in [-0.25, -0.2) is 12.8 Å². The fraction of sp³-hybridized carbons (Fsp3) is 0.958. The number of sulfonamides is 1. The van der Waals surface area contributed by atoms with Crippen molar-refractivity contribution in [3.05, 3.63) is 0 Å². The molecule has 7 nitrogen and oxygen atoms in total. The van der Waals surface area contributed by atoms with Gasteiger partial charge in [0.15, 0.2) is 0 Å². The van der Waals surface area contributed by atoms with Crippen molar-refractivity contribution in [2.45, 2.75) is 118 Å². The molecule has 3 aliphatic carbocycles. The lowest BCUT2D eigenvalue weighted by atomic mass is 9.86. The highest BCUT2D eigenvalue weighted by atomic mass is 35.5. The molecule has 1 saturated heterocycles. The highest BCUT2D eigenvalue weighted by Crippen LogP contribution is 2.43. The van der Waals surface area contributed by atoms with E-state index in [1.807, 2.05) is 0 Å². The van der Waals surface area contributed by atoms with Crippen molar-refractivity contribution in [3.8, 4) is 0 Å². The second kappa shape index (κ2) is 11.8. The van der Waals surface area contributed by atoms with Crippen LogP contribution in [0.4, 0.5) is 17.6 Å². The average Bonchev–Trinajstić information content (AvgIpc) is 2.82. The highest BCUT2D eigenvalue weighted by Gasteiger charge is 2.51. The Hall–Kier alpha value is -0.690. The zero-order chi connectivity index (χ0) is 27.0. The quantitative estimate of drug-likeness (QED) is 0.349. The van der Waals surface area contributed by atoms with Crippen LogP contribution >= 0.6 is 11.6 Å². The number of ether oxygens (including phenoxy) is 2. The van der Waals surface area contributed by atoms with Crippen molar-refractivity contribution < 1.29 is 45.4 Å². The number of nitrogens with zero attached hydrogens (tertiary/aromatic N) is 1. The SMILES string of the molecule is O=C(O)C[C@H]1CN(S(=O)(=O)C2CCCC(C(F)(F)F)C2)C2CC(OCC3C(F)CCCC3Cl)CCC2O1. The molecule has 0 aromatic rings. The molecule has 0 aromatic heterocycles. The van der Waals surface area contributed by atoms with Crippen LogP contribution in [0.1, 0.15) is 70.6 Å². The van der Waals surface area contributed by atoms with Gasteiger partial charge in [0, 0.05) is 17.8 Å². The molecule has 0 aromatic carbocycles. The minimum absolute atomic E-state index is 0.0967. The van der Waals surface area contributed by atoms with Gasteiger partial charge in [-0.2, -0.15) is 17.5 Å². The first-order valence-corrected chi connectivity index (χ1v) is 15.1. The lowest BCUT2D eigenvalue weighted by Crippen LogP contribution is -2.61. The molecule has 13 heteroatoms. The van der Waals surface area contributed by atoms with Gasteiger partial charge in [0.1, 0.15) is 6.17 Å². The van der Waals surface area contributed by atoms with Gasteiger partial charge in [0.25, 0.3) is 0 Å². The molecule has 8 unspecified atom stereocenters. The van der Waals surface area contributed by atoms with Gasteiger partial charge in [-0.05, 0) is 57.8 Å². The summed E-state index contributed by atoms with van der Waals surface area (Å²) in [6.45, 7) is -0.114. The summed E-state index contributed by atoms with van der Waals surface area (Å²) in [4.78, 5) is 11.3. The van der Waals surface area contributed by atoms with E-state index >= 15 is 0 Å². The largest absolute Gasteiger partial charge is 0.481 e. The van der Waals surface area contributed by atoms with Crippen LogP contribution in [-0.2, 0) is 24.3 Å². The van der Waals surface area contributed by atoms with Crippen LogP contribution in [0.15, 0.2) is 0 Å². The maximum absolute atomic E-state index is 14.4. The predicted octanol–water partition coefficient (Wildman–Crippen LogP) is 4.66. The highest BCUT2D eigenvalue weighted by molar-refractivity contribution is 7.89. The minimum Gasteiger partial charge on any atom is -0.481 e. The van der Waals surface area contributed by atoms with Crippen LogP contribution in [0.25, 0.3) is 0 Å². The Morgan fingerprint density at radius 3 is 2.49 bits per heavy atom. The molecule has 0 spiro atoms. The Morgan fingerprint density at radius 2 is 1.81 bits per heavy atom. The lowest BCUT2D eigenvalue weighted by molar-refractivity contribution is -0.181. The normalized spacial score (nSPS) is 40.2. The summed E-state index contributed by atoms with van der Waals surface area (Å²) >= 11 is 6.32. The number of carboxylic acids is 1. The first kappa shape index (κ1) is 29.3. The molecular formula is C24H36ClF4NO6S. The van der Waals surface area contributed by atoms with Crippen LogP contribution in [0, 0.1) is 11.8 Å². The van der Waals surface area contributed by atoms with E-state index in [1.54, 1.807) is 0 Å². The Kier molecular flexibility index (Phi) is 9.36. The number of morpholine rings is 1. The summed E-state index contributed by atoms with van der Waals surface area (Å²) in [7, 11) is -4.17. The minimum atomic E-state index is -4.47. The third-order valence-electron chi connectivity index (χ3n) is 8.48. The number of hydrogen-bond acceptors (Lipinski definition) is 5. The van der Waals surface area contributed by atoms with Gasteiger partial charge < -0.3 is 14.6 Å². The lowest BCUT2D eigenvalue weighted by Gasteiger charge is -2.49. The molecule has 1 aliphatic heterocycles. The van der Waals surface area contributed by atoms with Crippen molar-refractivity contribution in [1.82, 2.24) is 4.31 Å². The molecule has 0 amide bonds. The Balaban J connectivity index is 1.49. The van der Waals surface area contributed by atoms with E-state index in [0.29, 0.717) is 25.7 Å². The van der Waals surface area contributed by atoms with Crippen molar-refractivity contribution in [2.24, 2.45) is 11.8 Å². The van der Waals surface area contributed by atoms with E-state index in [-0.39, 0.29) is 50.3 Å². The van der Waals surface area contributed by atoms with E-state index < -0.39 is 76.5 Å². The topological polar surface area (TPSA) is 93.1 Å². The molecule has 0 radical (unpaired) electrons. The molecule has 0 bridgehead atoms. The maximum Gasteiger partial charge on any atom is 0.391 e. The Bertz CT molecular complexity index is 898. The predicted molar refractivity (Wildman–Crippen MR) is 128 cm³/mol. The number of alkyl halides is 5. The van der Waals surface area contributed by atoms with Gasteiger partial charge in [0.2, 0.25) is 10.0 Å². The third kappa shape index (κ3) is 6.91. The van der Waals surface area contributed by atoms with Crippen molar-refractivity contribution in [2.75, 3.05) is 13.2 Å². The number of carboxylic acid groups (broad SMARTS) is 1. The van der Waals surface area contributed by atoms with Gasteiger partial charge in [-0.15, -0.1) is 11.6 Å². The first-order chi connectivity index (χ1) is 17.4. The van der Waals surface area contributed by atoms with Gasteiger partial charge in [-0.3, -0.25) is 4.79 Å². The fourth-order valence-corrected chi connectivity index (χ4v) is 9.13. The Morgan fingerprint density at radius 1 is 1.08 bits per heavy atom. The molecule has 4 aliphatic rings. The number of rotatable bonds is 7. The number of fused-ring (bicyclic) bond motifs is 1. The zero-order valence-electron chi connectivity index (χ0n) is 20.6. The summed E-state index contributed by atoms with van der Waals surface area (Å²) in [5.74, 6) is -3.27. The fourth-order valence-electron chi connectivity index (χ4n) is 6.44. The average molecular weight is 578 g/mol.